The SMILES string of the molecule is Cc1ccc(N2CC(C(=O)NCC3CCN(c4ccccc4)C3)CC2=O)cc1F. The van der Waals surface area contributed by atoms with E-state index in [1.54, 1.807) is 19.1 Å². The van der Waals surface area contributed by atoms with Crippen LogP contribution in [0.15, 0.2) is 48.5 Å². The van der Waals surface area contributed by atoms with Crippen LogP contribution in [0.1, 0.15) is 18.4 Å². The number of benzene rings is 2. The first-order valence-electron chi connectivity index (χ1n) is 10.2. The molecule has 2 amide bonds. The fourth-order valence-corrected chi connectivity index (χ4v) is 4.14. The molecule has 4 rings (SSSR count). The number of para-hydroxylation sites is 1. The summed E-state index contributed by atoms with van der Waals surface area (Å²) in [6.07, 6.45) is 1.20. The summed E-state index contributed by atoms with van der Waals surface area (Å²) in [5.74, 6) is -0.555. The Labute approximate surface area is 170 Å². The molecule has 5 nitrogen and oxygen atoms in total. The topological polar surface area (TPSA) is 52.7 Å². The average molecular weight is 395 g/mol. The summed E-state index contributed by atoms with van der Waals surface area (Å²) < 4.78 is 13.8. The molecule has 0 aliphatic carbocycles. The Morgan fingerprint density at radius 2 is 1.93 bits per heavy atom. The molecule has 2 atom stereocenters. The highest BCUT2D eigenvalue weighted by Crippen LogP contribution is 2.27. The second kappa shape index (κ2) is 8.23. The number of rotatable bonds is 5. The minimum Gasteiger partial charge on any atom is -0.371 e. The predicted octanol–water partition coefficient (Wildman–Crippen LogP) is 3.13. The number of hydrogen-bond acceptors (Lipinski definition) is 3. The van der Waals surface area contributed by atoms with Crippen molar-refractivity contribution in [3.63, 3.8) is 0 Å². The van der Waals surface area contributed by atoms with Crippen molar-refractivity contribution in [2.45, 2.75) is 19.8 Å². The van der Waals surface area contributed by atoms with Crippen molar-refractivity contribution in [3.05, 3.63) is 59.9 Å². The van der Waals surface area contributed by atoms with E-state index in [0.29, 0.717) is 30.3 Å². The van der Waals surface area contributed by atoms with Crippen LogP contribution in [0.3, 0.4) is 0 Å². The van der Waals surface area contributed by atoms with Gasteiger partial charge in [0.15, 0.2) is 0 Å². The number of amides is 2. The van der Waals surface area contributed by atoms with Gasteiger partial charge in [-0.25, -0.2) is 4.39 Å². The van der Waals surface area contributed by atoms with Gasteiger partial charge in [0.2, 0.25) is 11.8 Å². The first kappa shape index (κ1) is 19.4. The Hall–Kier alpha value is -2.89. The molecular formula is C23H26FN3O2. The third-order valence-electron chi connectivity index (χ3n) is 5.94. The van der Waals surface area contributed by atoms with E-state index in [1.165, 1.54) is 16.7 Å². The number of nitrogens with zero attached hydrogens (tertiary/aromatic N) is 2. The van der Waals surface area contributed by atoms with Gasteiger partial charge in [-0.05, 0) is 49.1 Å². The first-order chi connectivity index (χ1) is 14.0. The molecule has 0 saturated carbocycles. The van der Waals surface area contributed by atoms with Gasteiger partial charge in [-0.2, -0.15) is 0 Å². The zero-order valence-electron chi connectivity index (χ0n) is 16.6. The molecule has 0 radical (unpaired) electrons. The summed E-state index contributed by atoms with van der Waals surface area (Å²) in [5, 5.41) is 3.03. The molecule has 2 aliphatic rings. The van der Waals surface area contributed by atoms with E-state index in [4.69, 9.17) is 0 Å². The molecule has 2 aromatic carbocycles. The van der Waals surface area contributed by atoms with Crippen LogP contribution in [0.25, 0.3) is 0 Å². The van der Waals surface area contributed by atoms with Crippen molar-refractivity contribution >= 4 is 23.2 Å². The summed E-state index contributed by atoms with van der Waals surface area (Å²) in [4.78, 5) is 28.8. The summed E-state index contributed by atoms with van der Waals surface area (Å²) >= 11 is 0. The monoisotopic (exact) mass is 395 g/mol. The maximum Gasteiger partial charge on any atom is 0.227 e. The predicted molar refractivity (Wildman–Crippen MR) is 111 cm³/mol. The van der Waals surface area contributed by atoms with Crippen LogP contribution in [0, 0.1) is 24.6 Å². The number of carbonyl (C=O) groups is 2. The normalized spacial score (nSPS) is 21.7. The van der Waals surface area contributed by atoms with E-state index >= 15 is 0 Å². The maximum absolute atomic E-state index is 13.8. The number of aryl methyl sites for hydroxylation is 1. The Balaban J connectivity index is 1.29. The molecule has 0 bridgehead atoms. The van der Waals surface area contributed by atoms with Crippen molar-refractivity contribution in [3.8, 4) is 0 Å². The van der Waals surface area contributed by atoms with Crippen LogP contribution in [0.4, 0.5) is 15.8 Å². The summed E-state index contributed by atoms with van der Waals surface area (Å²) in [7, 11) is 0. The number of halogens is 1. The minimum absolute atomic E-state index is 0.0911. The van der Waals surface area contributed by atoms with Gasteiger partial charge in [0.25, 0.3) is 0 Å². The molecule has 2 aliphatic heterocycles. The van der Waals surface area contributed by atoms with Crippen molar-refractivity contribution in [1.82, 2.24) is 5.32 Å². The molecule has 0 aromatic heterocycles. The van der Waals surface area contributed by atoms with Gasteiger partial charge in [0, 0.05) is 44.0 Å². The van der Waals surface area contributed by atoms with Crippen LogP contribution >= 0.6 is 0 Å². The summed E-state index contributed by atoms with van der Waals surface area (Å²) in [6.45, 7) is 4.50. The third kappa shape index (κ3) is 4.26. The lowest BCUT2D eigenvalue weighted by Crippen LogP contribution is -2.36. The molecule has 0 spiro atoms. The van der Waals surface area contributed by atoms with Crippen LogP contribution in [-0.2, 0) is 9.59 Å². The fourth-order valence-electron chi connectivity index (χ4n) is 4.14. The van der Waals surface area contributed by atoms with Crippen molar-refractivity contribution in [2.75, 3.05) is 36.0 Å². The van der Waals surface area contributed by atoms with Crippen LogP contribution < -0.4 is 15.1 Å². The Bertz CT molecular complexity index is 902. The highest BCUT2D eigenvalue weighted by atomic mass is 19.1. The van der Waals surface area contributed by atoms with E-state index in [9.17, 15) is 14.0 Å². The Morgan fingerprint density at radius 3 is 2.69 bits per heavy atom. The van der Waals surface area contributed by atoms with E-state index in [-0.39, 0.29) is 24.1 Å². The summed E-state index contributed by atoms with van der Waals surface area (Å²) in [6, 6.07) is 15.0. The lowest BCUT2D eigenvalue weighted by Gasteiger charge is -2.19. The molecule has 152 valence electrons. The molecule has 29 heavy (non-hydrogen) atoms. The van der Waals surface area contributed by atoms with Gasteiger partial charge in [0.1, 0.15) is 5.82 Å². The molecule has 2 heterocycles. The largest absolute Gasteiger partial charge is 0.371 e. The first-order valence-corrected chi connectivity index (χ1v) is 10.2. The molecule has 2 aromatic rings. The van der Waals surface area contributed by atoms with Crippen molar-refractivity contribution < 1.29 is 14.0 Å². The second-order valence-corrected chi connectivity index (χ2v) is 8.02. The van der Waals surface area contributed by atoms with E-state index < -0.39 is 5.92 Å². The number of carbonyl (C=O) groups excluding carboxylic acids is 2. The fraction of sp³-hybridized carbons (Fsp3) is 0.391. The standard InChI is InChI=1S/C23H26FN3O2/c1-16-7-8-20(12-21(16)24)27-15-18(11-22(27)28)23(29)25-13-17-9-10-26(14-17)19-5-3-2-4-6-19/h2-8,12,17-18H,9-11,13-15H2,1H3,(H,25,29). The van der Waals surface area contributed by atoms with E-state index in [0.717, 1.165) is 19.5 Å². The lowest BCUT2D eigenvalue weighted by atomic mass is 10.1. The van der Waals surface area contributed by atoms with E-state index in [2.05, 4.69) is 22.3 Å². The van der Waals surface area contributed by atoms with Gasteiger partial charge in [0.05, 0.1) is 5.92 Å². The zero-order chi connectivity index (χ0) is 20.4. The van der Waals surface area contributed by atoms with Gasteiger partial charge in [-0.15, -0.1) is 0 Å². The molecular weight excluding hydrogens is 369 g/mol. The quantitative estimate of drug-likeness (QED) is 0.846. The molecule has 2 saturated heterocycles. The highest BCUT2D eigenvalue weighted by molar-refractivity contribution is 6.00. The number of nitrogens with one attached hydrogen (secondary N) is 1. The molecule has 6 heteroatoms. The smallest absolute Gasteiger partial charge is 0.227 e. The Morgan fingerprint density at radius 1 is 1.14 bits per heavy atom. The highest BCUT2D eigenvalue weighted by Gasteiger charge is 2.35. The van der Waals surface area contributed by atoms with Crippen LogP contribution in [0.2, 0.25) is 0 Å². The second-order valence-electron chi connectivity index (χ2n) is 8.02. The van der Waals surface area contributed by atoms with Gasteiger partial charge >= 0.3 is 0 Å². The summed E-state index contributed by atoms with van der Waals surface area (Å²) in [5.41, 5.74) is 2.27. The molecule has 2 unspecified atom stereocenters. The van der Waals surface area contributed by atoms with Crippen LogP contribution in [0.5, 0.6) is 0 Å². The maximum atomic E-state index is 13.8. The van der Waals surface area contributed by atoms with Crippen molar-refractivity contribution in [2.24, 2.45) is 11.8 Å². The third-order valence-corrected chi connectivity index (χ3v) is 5.94. The minimum atomic E-state index is -0.390. The average Bonchev–Trinajstić information content (AvgIpc) is 3.36. The number of hydrogen-bond donors (Lipinski definition) is 1. The molecule has 2 fully saturated rings. The number of anilines is 2. The van der Waals surface area contributed by atoms with E-state index in [1.807, 2.05) is 18.2 Å². The van der Waals surface area contributed by atoms with Crippen molar-refractivity contribution in [1.29, 1.82) is 0 Å². The zero-order valence-corrected chi connectivity index (χ0v) is 16.6. The molecule has 1 N–H and O–H groups in total. The Kier molecular flexibility index (Phi) is 5.51. The van der Waals surface area contributed by atoms with Crippen LogP contribution in [-0.4, -0.2) is 38.0 Å². The lowest BCUT2D eigenvalue weighted by molar-refractivity contribution is -0.126. The van der Waals surface area contributed by atoms with Gasteiger partial charge < -0.3 is 15.1 Å². The van der Waals surface area contributed by atoms with Gasteiger partial charge in [-0.1, -0.05) is 24.3 Å². The van der Waals surface area contributed by atoms with Gasteiger partial charge in [-0.3, -0.25) is 9.59 Å².